The first-order valence-electron chi connectivity index (χ1n) is 7.34. The summed E-state index contributed by atoms with van der Waals surface area (Å²) in [6, 6.07) is 15.0. The first kappa shape index (κ1) is 16.1. The molecule has 7 heteroatoms. The molecular formula is C17H17N5OS. The predicted octanol–water partition coefficient (Wildman–Crippen LogP) is 2.12. The van der Waals surface area contributed by atoms with Crippen molar-refractivity contribution in [3.05, 3.63) is 70.3 Å². The van der Waals surface area contributed by atoms with Gasteiger partial charge in [-0.2, -0.15) is 5.10 Å². The third kappa shape index (κ3) is 2.98. The standard InChI is InChI=1S/C17H17N5OS/c1-11-6-2-5-9-14(11)22-15(10-24-17(18)21-19)20-13-8-4-3-7-12(13)16(22)23/h2-9H,10,19H2,1H3,(H2,18,21). The molecule has 6 nitrogen and oxygen atoms in total. The van der Waals surface area contributed by atoms with Crippen LogP contribution in [-0.2, 0) is 5.75 Å². The molecule has 2 aromatic carbocycles. The zero-order valence-corrected chi connectivity index (χ0v) is 14.0. The van der Waals surface area contributed by atoms with Gasteiger partial charge < -0.3 is 11.6 Å². The summed E-state index contributed by atoms with van der Waals surface area (Å²) in [6.07, 6.45) is 0. The van der Waals surface area contributed by atoms with Gasteiger partial charge in [-0.1, -0.05) is 42.1 Å². The second-order valence-electron chi connectivity index (χ2n) is 5.23. The summed E-state index contributed by atoms with van der Waals surface area (Å²) in [7, 11) is 0. The van der Waals surface area contributed by atoms with E-state index < -0.39 is 0 Å². The molecule has 24 heavy (non-hydrogen) atoms. The summed E-state index contributed by atoms with van der Waals surface area (Å²) in [4.78, 5) is 17.7. The Morgan fingerprint density at radius 2 is 1.92 bits per heavy atom. The average Bonchev–Trinajstić information content (AvgIpc) is 2.61. The number of hydrazone groups is 1. The normalized spacial score (nSPS) is 11.8. The van der Waals surface area contributed by atoms with E-state index in [1.807, 2.05) is 49.4 Å². The van der Waals surface area contributed by atoms with Crippen molar-refractivity contribution in [2.24, 2.45) is 16.7 Å². The molecule has 0 spiro atoms. The molecule has 0 unspecified atom stereocenters. The van der Waals surface area contributed by atoms with Crippen LogP contribution in [0.2, 0.25) is 0 Å². The monoisotopic (exact) mass is 339 g/mol. The first-order chi connectivity index (χ1) is 11.6. The molecule has 0 aliphatic heterocycles. The number of fused-ring (bicyclic) bond motifs is 1. The van der Waals surface area contributed by atoms with Crippen molar-refractivity contribution >= 4 is 27.8 Å². The molecule has 0 saturated heterocycles. The van der Waals surface area contributed by atoms with Crippen LogP contribution in [0.4, 0.5) is 0 Å². The van der Waals surface area contributed by atoms with Gasteiger partial charge in [-0.15, -0.1) is 0 Å². The lowest BCUT2D eigenvalue weighted by atomic mass is 10.2. The van der Waals surface area contributed by atoms with E-state index in [2.05, 4.69) is 10.1 Å². The maximum atomic E-state index is 13.0. The van der Waals surface area contributed by atoms with Gasteiger partial charge >= 0.3 is 0 Å². The molecule has 3 aromatic rings. The van der Waals surface area contributed by atoms with Gasteiger partial charge in [0.25, 0.3) is 5.56 Å². The van der Waals surface area contributed by atoms with E-state index in [1.165, 1.54) is 11.8 Å². The fourth-order valence-corrected chi connectivity index (χ4v) is 3.06. The summed E-state index contributed by atoms with van der Waals surface area (Å²) >= 11 is 1.24. The predicted molar refractivity (Wildman–Crippen MR) is 99.2 cm³/mol. The summed E-state index contributed by atoms with van der Waals surface area (Å²) in [5.41, 5.74) is 8.01. The number of aromatic nitrogens is 2. The summed E-state index contributed by atoms with van der Waals surface area (Å²) in [5, 5.41) is 4.27. The van der Waals surface area contributed by atoms with Crippen LogP contribution >= 0.6 is 11.8 Å². The van der Waals surface area contributed by atoms with Gasteiger partial charge in [0.05, 0.1) is 22.3 Å². The Labute approximate surface area is 143 Å². The number of amidine groups is 1. The molecule has 1 heterocycles. The van der Waals surface area contributed by atoms with Crippen molar-refractivity contribution in [1.82, 2.24) is 9.55 Å². The van der Waals surface area contributed by atoms with Crippen molar-refractivity contribution in [2.75, 3.05) is 0 Å². The van der Waals surface area contributed by atoms with E-state index in [0.717, 1.165) is 11.3 Å². The minimum Gasteiger partial charge on any atom is -0.377 e. The number of rotatable bonds is 3. The lowest BCUT2D eigenvalue weighted by Gasteiger charge is -2.15. The van der Waals surface area contributed by atoms with Crippen LogP contribution in [0.3, 0.4) is 0 Å². The minimum absolute atomic E-state index is 0.103. The highest BCUT2D eigenvalue weighted by atomic mass is 32.2. The second-order valence-corrected chi connectivity index (χ2v) is 6.22. The Balaban J connectivity index is 2.26. The van der Waals surface area contributed by atoms with Crippen LogP contribution in [-0.4, -0.2) is 14.7 Å². The van der Waals surface area contributed by atoms with E-state index in [1.54, 1.807) is 10.6 Å². The molecular weight excluding hydrogens is 322 g/mol. The molecule has 3 rings (SSSR count). The fraction of sp³-hybridized carbons (Fsp3) is 0.118. The summed E-state index contributed by atoms with van der Waals surface area (Å²) < 4.78 is 1.63. The zero-order valence-electron chi connectivity index (χ0n) is 13.1. The lowest BCUT2D eigenvalue weighted by Crippen LogP contribution is -2.24. The van der Waals surface area contributed by atoms with Crippen LogP contribution in [0, 0.1) is 6.92 Å². The fourth-order valence-electron chi connectivity index (χ4n) is 2.51. The van der Waals surface area contributed by atoms with Gasteiger partial charge in [-0.3, -0.25) is 9.36 Å². The SMILES string of the molecule is Cc1ccccc1-n1c(CS/C(N)=N/N)nc2ccccc2c1=O. The smallest absolute Gasteiger partial charge is 0.265 e. The average molecular weight is 339 g/mol. The molecule has 0 aliphatic rings. The largest absolute Gasteiger partial charge is 0.377 e. The highest BCUT2D eigenvalue weighted by molar-refractivity contribution is 8.13. The van der Waals surface area contributed by atoms with Gasteiger partial charge in [-0.25, -0.2) is 4.98 Å². The molecule has 1 aromatic heterocycles. The number of aryl methyl sites for hydroxylation is 1. The van der Waals surface area contributed by atoms with Gasteiger partial charge in [0, 0.05) is 0 Å². The molecule has 0 saturated carbocycles. The maximum absolute atomic E-state index is 13.0. The first-order valence-corrected chi connectivity index (χ1v) is 8.33. The molecule has 0 atom stereocenters. The molecule has 122 valence electrons. The van der Waals surface area contributed by atoms with E-state index in [9.17, 15) is 4.79 Å². The number of hydrogen-bond donors (Lipinski definition) is 2. The number of para-hydroxylation sites is 2. The lowest BCUT2D eigenvalue weighted by molar-refractivity contribution is 0.878. The van der Waals surface area contributed by atoms with Crippen molar-refractivity contribution < 1.29 is 0 Å². The maximum Gasteiger partial charge on any atom is 0.265 e. The Hall–Kier alpha value is -2.80. The van der Waals surface area contributed by atoms with Crippen LogP contribution in [0.5, 0.6) is 0 Å². The Morgan fingerprint density at radius 3 is 2.67 bits per heavy atom. The van der Waals surface area contributed by atoms with Crippen molar-refractivity contribution in [1.29, 1.82) is 0 Å². The van der Waals surface area contributed by atoms with E-state index in [0.29, 0.717) is 22.5 Å². The molecule has 0 aliphatic carbocycles. The second kappa shape index (κ2) is 6.76. The highest BCUT2D eigenvalue weighted by Gasteiger charge is 2.14. The third-order valence-corrected chi connectivity index (χ3v) is 4.48. The van der Waals surface area contributed by atoms with Crippen molar-refractivity contribution in [2.45, 2.75) is 12.7 Å². The van der Waals surface area contributed by atoms with Crippen LogP contribution in [0.25, 0.3) is 16.6 Å². The van der Waals surface area contributed by atoms with E-state index in [4.69, 9.17) is 11.6 Å². The van der Waals surface area contributed by atoms with Gasteiger partial charge in [0.2, 0.25) is 0 Å². The Morgan fingerprint density at radius 1 is 1.21 bits per heavy atom. The van der Waals surface area contributed by atoms with E-state index >= 15 is 0 Å². The van der Waals surface area contributed by atoms with Gasteiger partial charge in [0.1, 0.15) is 5.82 Å². The highest BCUT2D eigenvalue weighted by Crippen LogP contribution is 2.19. The number of hydrogen-bond acceptors (Lipinski definition) is 5. The molecule has 0 fully saturated rings. The number of benzene rings is 2. The quantitative estimate of drug-likeness (QED) is 0.329. The van der Waals surface area contributed by atoms with Crippen molar-refractivity contribution in [3.63, 3.8) is 0 Å². The molecule has 0 radical (unpaired) electrons. The molecule has 0 bridgehead atoms. The summed E-state index contributed by atoms with van der Waals surface area (Å²) in [5.74, 6) is 6.17. The van der Waals surface area contributed by atoms with E-state index in [-0.39, 0.29) is 10.7 Å². The molecule has 4 N–H and O–H groups in total. The van der Waals surface area contributed by atoms with Crippen LogP contribution in [0.15, 0.2) is 58.4 Å². The van der Waals surface area contributed by atoms with Gasteiger partial charge in [-0.05, 0) is 30.7 Å². The third-order valence-electron chi connectivity index (χ3n) is 3.68. The zero-order chi connectivity index (χ0) is 17.1. The number of nitrogens with zero attached hydrogens (tertiary/aromatic N) is 3. The number of thioether (sulfide) groups is 1. The molecule has 0 amide bonds. The number of nitrogens with two attached hydrogens (primary N) is 2. The van der Waals surface area contributed by atoms with Crippen molar-refractivity contribution in [3.8, 4) is 5.69 Å². The topological polar surface area (TPSA) is 99.3 Å². The van der Waals surface area contributed by atoms with Gasteiger partial charge in [0.15, 0.2) is 5.17 Å². The minimum atomic E-state index is -0.103. The van der Waals surface area contributed by atoms with Crippen LogP contribution < -0.4 is 17.1 Å². The Kier molecular flexibility index (Phi) is 4.52. The Bertz CT molecular complexity index is 980. The summed E-state index contributed by atoms with van der Waals surface area (Å²) in [6.45, 7) is 1.96. The van der Waals surface area contributed by atoms with Crippen LogP contribution in [0.1, 0.15) is 11.4 Å².